The number of benzene rings is 1. The Balaban J connectivity index is 2.63. The van der Waals surface area contributed by atoms with Gasteiger partial charge in [0.25, 0.3) is 0 Å². The number of amides is 2. The number of aliphatic hydroxyl groups is 1. The van der Waals surface area contributed by atoms with Crippen LogP contribution in [0.5, 0.6) is 0 Å². The molecule has 0 aromatic heterocycles. The van der Waals surface area contributed by atoms with Gasteiger partial charge < -0.3 is 15.7 Å². The molecule has 122 valence electrons. The molecule has 0 aliphatic rings. The molecular weight excluding hydrogens is 304 g/mol. The predicted octanol–water partition coefficient (Wildman–Crippen LogP) is 2.50. The van der Waals surface area contributed by atoms with Gasteiger partial charge in [-0.25, -0.2) is 0 Å². The van der Waals surface area contributed by atoms with Crippen LogP contribution < -0.4 is 10.6 Å². The van der Waals surface area contributed by atoms with Gasteiger partial charge in [0.1, 0.15) is 0 Å². The lowest BCUT2D eigenvalue weighted by atomic mass is 9.89. The van der Waals surface area contributed by atoms with Gasteiger partial charge in [-0.2, -0.15) is 0 Å². The number of rotatable bonds is 5. The molecule has 0 aliphatic heterocycles. The summed E-state index contributed by atoms with van der Waals surface area (Å²) in [6.45, 7) is 7.25. The number of carbonyl (C=O) groups is 2. The summed E-state index contributed by atoms with van der Waals surface area (Å²) in [7, 11) is 0. The fraction of sp³-hybridized carbons (Fsp3) is 0.500. The summed E-state index contributed by atoms with van der Waals surface area (Å²) in [6, 6.07) is 5.06. The van der Waals surface area contributed by atoms with E-state index < -0.39 is 17.4 Å². The Morgan fingerprint density at radius 1 is 1.36 bits per heavy atom. The summed E-state index contributed by atoms with van der Waals surface area (Å²) in [5.74, 6) is -1.57. The van der Waals surface area contributed by atoms with E-state index in [9.17, 15) is 14.7 Å². The molecule has 0 saturated carbocycles. The SMILES string of the molecule is CCC(C)C(C)(O)CNC(=O)C(=O)Nc1cccc(Cl)c1C. The van der Waals surface area contributed by atoms with E-state index in [1.54, 1.807) is 32.0 Å². The molecule has 0 spiro atoms. The highest BCUT2D eigenvalue weighted by Gasteiger charge is 2.28. The molecule has 2 amide bonds. The second-order valence-electron chi connectivity index (χ2n) is 5.72. The number of halogens is 1. The quantitative estimate of drug-likeness (QED) is 0.727. The summed E-state index contributed by atoms with van der Waals surface area (Å²) in [5, 5.41) is 15.7. The van der Waals surface area contributed by atoms with Crippen molar-refractivity contribution < 1.29 is 14.7 Å². The van der Waals surface area contributed by atoms with Gasteiger partial charge >= 0.3 is 11.8 Å². The standard InChI is InChI=1S/C16H23ClN2O3/c1-5-10(2)16(4,22)9-18-14(20)15(21)19-13-8-6-7-12(17)11(13)3/h6-8,10,22H,5,9H2,1-4H3,(H,18,20)(H,19,21). The van der Waals surface area contributed by atoms with Crippen molar-refractivity contribution in [3.8, 4) is 0 Å². The molecule has 1 rings (SSSR count). The van der Waals surface area contributed by atoms with Crippen LogP contribution in [0, 0.1) is 12.8 Å². The van der Waals surface area contributed by atoms with E-state index in [2.05, 4.69) is 10.6 Å². The predicted molar refractivity (Wildman–Crippen MR) is 87.9 cm³/mol. The first-order valence-electron chi connectivity index (χ1n) is 7.25. The fourth-order valence-electron chi connectivity index (χ4n) is 1.88. The highest BCUT2D eigenvalue weighted by molar-refractivity contribution is 6.40. The molecule has 22 heavy (non-hydrogen) atoms. The van der Waals surface area contributed by atoms with Crippen LogP contribution in [0.25, 0.3) is 0 Å². The number of anilines is 1. The highest BCUT2D eigenvalue weighted by atomic mass is 35.5. The van der Waals surface area contributed by atoms with Crippen molar-refractivity contribution in [2.75, 3.05) is 11.9 Å². The zero-order chi connectivity index (χ0) is 16.9. The van der Waals surface area contributed by atoms with Gasteiger partial charge in [0, 0.05) is 17.3 Å². The van der Waals surface area contributed by atoms with Crippen molar-refractivity contribution in [1.29, 1.82) is 0 Å². The monoisotopic (exact) mass is 326 g/mol. The van der Waals surface area contributed by atoms with Crippen LogP contribution in [0.3, 0.4) is 0 Å². The minimum atomic E-state index is -1.06. The van der Waals surface area contributed by atoms with E-state index in [0.717, 1.165) is 6.42 Å². The van der Waals surface area contributed by atoms with E-state index in [1.807, 2.05) is 13.8 Å². The van der Waals surface area contributed by atoms with E-state index >= 15 is 0 Å². The van der Waals surface area contributed by atoms with Gasteiger partial charge in [0.2, 0.25) is 0 Å². The molecule has 2 atom stereocenters. The third-order valence-corrected chi connectivity index (χ3v) is 4.41. The van der Waals surface area contributed by atoms with E-state index in [-0.39, 0.29) is 12.5 Å². The first-order valence-corrected chi connectivity index (χ1v) is 7.63. The van der Waals surface area contributed by atoms with Gasteiger partial charge in [-0.3, -0.25) is 9.59 Å². The van der Waals surface area contributed by atoms with Gasteiger partial charge in [-0.15, -0.1) is 0 Å². The van der Waals surface area contributed by atoms with Crippen molar-refractivity contribution >= 4 is 29.1 Å². The van der Waals surface area contributed by atoms with Gasteiger partial charge in [-0.1, -0.05) is 37.9 Å². The number of nitrogens with one attached hydrogen (secondary N) is 2. The molecule has 0 saturated heterocycles. The maximum atomic E-state index is 11.9. The molecule has 5 nitrogen and oxygen atoms in total. The topological polar surface area (TPSA) is 78.4 Å². The van der Waals surface area contributed by atoms with E-state index in [1.165, 1.54) is 0 Å². The van der Waals surface area contributed by atoms with Crippen LogP contribution in [0.4, 0.5) is 5.69 Å². The molecular formula is C16H23ClN2O3. The summed E-state index contributed by atoms with van der Waals surface area (Å²) in [4.78, 5) is 23.7. The molecule has 3 N–H and O–H groups in total. The Labute approximate surface area is 136 Å². The zero-order valence-corrected chi connectivity index (χ0v) is 14.1. The summed E-state index contributed by atoms with van der Waals surface area (Å²) < 4.78 is 0. The minimum Gasteiger partial charge on any atom is -0.388 e. The van der Waals surface area contributed by atoms with Crippen molar-refractivity contribution in [3.63, 3.8) is 0 Å². The van der Waals surface area contributed by atoms with Crippen LogP contribution in [0.1, 0.15) is 32.8 Å². The zero-order valence-electron chi connectivity index (χ0n) is 13.4. The average Bonchev–Trinajstić information content (AvgIpc) is 2.48. The lowest BCUT2D eigenvalue weighted by Crippen LogP contribution is -2.47. The highest BCUT2D eigenvalue weighted by Crippen LogP contribution is 2.23. The normalized spacial score (nSPS) is 14.8. The second kappa shape index (κ2) is 7.61. The first-order chi connectivity index (χ1) is 10.2. The van der Waals surface area contributed by atoms with Crippen molar-refractivity contribution in [3.05, 3.63) is 28.8 Å². The molecule has 6 heteroatoms. The van der Waals surface area contributed by atoms with E-state index in [4.69, 9.17) is 11.6 Å². The maximum absolute atomic E-state index is 11.9. The Kier molecular flexibility index (Phi) is 6.38. The molecule has 0 fully saturated rings. The Hall–Kier alpha value is -1.59. The van der Waals surface area contributed by atoms with Crippen LogP contribution in [0.2, 0.25) is 5.02 Å². The minimum absolute atomic E-state index is 0.00559. The van der Waals surface area contributed by atoms with Crippen LogP contribution in [0.15, 0.2) is 18.2 Å². The molecule has 0 aliphatic carbocycles. The lowest BCUT2D eigenvalue weighted by Gasteiger charge is -2.29. The van der Waals surface area contributed by atoms with Gasteiger partial charge in [0.15, 0.2) is 0 Å². The van der Waals surface area contributed by atoms with Crippen molar-refractivity contribution in [2.45, 2.75) is 39.7 Å². The van der Waals surface area contributed by atoms with Gasteiger partial charge in [-0.05, 0) is 37.5 Å². The van der Waals surface area contributed by atoms with Crippen LogP contribution >= 0.6 is 11.6 Å². The lowest BCUT2D eigenvalue weighted by molar-refractivity contribution is -0.137. The van der Waals surface area contributed by atoms with E-state index in [0.29, 0.717) is 16.3 Å². The number of hydrogen-bond acceptors (Lipinski definition) is 3. The fourth-order valence-corrected chi connectivity index (χ4v) is 2.05. The largest absolute Gasteiger partial charge is 0.388 e. The summed E-state index contributed by atoms with van der Waals surface area (Å²) >= 11 is 5.96. The molecule has 1 aromatic rings. The van der Waals surface area contributed by atoms with Crippen LogP contribution in [-0.4, -0.2) is 29.1 Å². The Morgan fingerprint density at radius 3 is 2.59 bits per heavy atom. The molecule has 0 bridgehead atoms. The Bertz CT molecular complexity index is 558. The molecule has 2 unspecified atom stereocenters. The van der Waals surface area contributed by atoms with Crippen LogP contribution in [-0.2, 0) is 9.59 Å². The number of hydrogen-bond donors (Lipinski definition) is 3. The smallest absolute Gasteiger partial charge is 0.313 e. The average molecular weight is 327 g/mol. The first kappa shape index (κ1) is 18.5. The second-order valence-corrected chi connectivity index (χ2v) is 6.12. The molecule has 0 radical (unpaired) electrons. The molecule has 0 heterocycles. The third-order valence-electron chi connectivity index (χ3n) is 4.00. The third kappa shape index (κ3) is 4.71. The van der Waals surface area contributed by atoms with Crippen molar-refractivity contribution in [2.24, 2.45) is 5.92 Å². The van der Waals surface area contributed by atoms with Gasteiger partial charge in [0.05, 0.1) is 5.60 Å². The number of carbonyl (C=O) groups excluding carboxylic acids is 2. The summed E-state index contributed by atoms with van der Waals surface area (Å²) in [5.41, 5.74) is 0.120. The molecule has 1 aromatic carbocycles. The maximum Gasteiger partial charge on any atom is 0.313 e. The van der Waals surface area contributed by atoms with Crippen molar-refractivity contribution in [1.82, 2.24) is 5.32 Å². The summed E-state index contributed by atoms with van der Waals surface area (Å²) in [6.07, 6.45) is 0.775. The Morgan fingerprint density at radius 2 is 2.00 bits per heavy atom.